The van der Waals surface area contributed by atoms with E-state index in [1.54, 1.807) is 0 Å². The van der Waals surface area contributed by atoms with Gasteiger partial charge >= 0.3 is 37.1 Å². The molecule has 0 aliphatic carbocycles. The molecule has 0 amide bonds. The average molecular weight is 134 g/mol. The van der Waals surface area contributed by atoms with Crippen LogP contribution in [-0.4, -0.2) is 21.7 Å². The molecule has 0 atom stereocenters. The molecule has 1 aliphatic heterocycles. The molecule has 0 radical (unpaired) electrons. The van der Waals surface area contributed by atoms with Crippen molar-refractivity contribution in [2.24, 2.45) is 0 Å². The Bertz CT molecular complexity index is 44.9. The Hall–Kier alpha value is 0.219. The van der Waals surface area contributed by atoms with Crippen LogP contribution in [0.15, 0.2) is 11.1 Å². The zero-order chi connectivity index (χ0) is 3.54. The Kier molecular flexibility index (Phi) is 1.10. The summed E-state index contributed by atoms with van der Waals surface area (Å²) >= 11 is 0.639. The third-order valence-electron chi connectivity index (χ3n) is 0.449. The molecule has 5 heavy (non-hydrogen) atoms. The molecule has 1 rings (SSSR count). The minimum atomic E-state index is 0.639. The molecular formula is C3H5NSe. The fourth-order valence-corrected chi connectivity index (χ4v) is 1.25. The first-order valence-electron chi connectivity index (χ1n) is 1.53. The zero-order valence-corrected chi connectivity index (χ0v) is 4.48. The van der Waals surface area contributed by atoms with Crippen molar-refractivity contribution in [2.45, 2.75) is 0 Å². The van der Waals surface area contributed by atoms with Crippen molar-refractivity contribution < 1.29 is 0 Å². The van der Waals surface area contributed by atoms with E-state index >= 15 is 0 Å². The molecule has 0 aromatic carbocycles. The van der Waals surface area contributed by atoms with Gasteiger partial charge in [0.25, 0.3) is 0 Å². The molecule has 0 saturated heterocycles. The predicted molar refractivity (Wildman–Crippen MR) is 22.9 cm³/mol. The van der Waals surface area contributed by atoms with Gasteiger partial charge < -0.3 is 0 Å². The summed E-state index contributed by atoms with van der Waals surface area (Å²) in [6.07, 6.45) is 2.15. The summed E-state index contributed by atoms with van der Waals surface area (Å²) in [6, 6.07) is 0. The molecule has 2 heteroatoms. The number of hydrogen-bond donors (Lipinski definition) is 1. The SMILES string of the molecule is C1=C[Se]NC1. The van der Waals surface area contributed by atoms with Crippen LogP contribution in [0, 0.1) is 0 Å². The fourth-order valence-electron chi connectivity index (χ4n) is 0.241. The maximum atomic E-state index is 3.17. The third-order valence-corrected chi connectivity index (χ3v) is 1.84. The molecule has 0 fully saturated rings. The van der Waals surface area contributed by atoms with Gasteiger partial charge in [0.05, 0.1) is 0 Å². The second-order valence-corrected chi connectivity index (χ2v) is 2.51. The van der Waals surface area contributed by atoms with Gasteiger partial charge in [-0.1, -0.05) is 0 Å². The van der Waals surface area contributed by atoms with Gasteiger partial charge in [0.15, 0.2) is 0 Å². The Morgan fingerprint density at radius 1 is 1.80 bits per heavy atom. The van der Waals surface area contributed by atoms with Crippen molar-refractivity contribution in [2.75, 3.05) is 6.54 Å². The van der Waals surface area contributed by atoms with Crippen LogP contribution in [0.2, 0.25) is 0 Å². The second-order valence-electron chi connectivity index (χ2n) is 0.838. The first-order valence-corrected chi connectivity index (χ1v) is 3.38. The van der Waals surface area contributed by atoms with Crippen molar-refractivity contribution >= 4 is 15.2 Å². The summed E-state index contributed by atoms with van der Waals surface area (Å²) in [5, 5.41) is 0. The van der Waals surface area contributed by atoms with Crippen LogP contribution >= 0.6 is 0 Å². The van der Waals surface area contributed by atoms with Crippen molar-refractivity contribution in [3.8, 4) is 0 Å². The van der Waals surface area contributed by atoms with Crippen LogP contribution in [0.5, 0.6) is 0 Å². The molecule has 0 saturated carbocycles. The molecule has 1 N–H and O–H groups in total. The molecule has 0 aromatic heterocycles. The van der Waals surface area contributed by atoms with Gasteiger partial charge in [0.2, 0.25) is 0 Å². The third kappa shape index (κ3) is 0.763. The van der Waals surface area contributed by atoms with E-state index in [2.05, 4.69) is 15.4 Å². The first kappa shape index (κ1) is 3.41. The summed E-state index contributed by atoms with van der Waals surface area (Å²) < 4.78 is 3.17. The molecule has 1 heterocycles. The van der Waals surface area contributed by atoms with E-state index in [4.69, 9.17) is 0 Å². The quantitative estimate of drug-likeness (QED) is 0.449. The molecule has 0 unspecified atom stereocenters. The average Bonchev–Trinajstić information content (AvgIpc) is 1.76. The van der Waals surface area contributed by atoms with E-state index in [0.29, 0.717) is 15.2 Å². The van der Waals surface area contributed by atoms with Crippen LogP contribution < -0.4 is 4.33 Å². The molecule has 1 aliphatic rings. The Balaban J connectivity index is 2.32. The van der Waals surface area contributed by atoms with Crippen LogP contribution in [0.1, 0.15) is 0 Å². The summed E-state index contributed by atoms with van der Waals surface area (Å²) in [7, 11) is 0. The minimum absolute atomic E-state index is 0.639. The van der Waals surface area contributed by atoms with Gasteiger partial charge in [0, 0.05) is 0 Å². The van der Waals surface area contributed by atoms with E-state index < -0.39 is 0 Å². The van der Waals surface area contributed by atoms with Crippen LogP contribution in [0.25, 0.3) is 0 Å². The van der Waals surface area contributed by atoms with E-state index in [9.17, 15) is 0 Å². The molecule has 28 valence electrons. The van der Waals surface area contributed by atoms with Crippen molar-refractivity contribution in [3.05, 3.63) is 11.1 Å². The van der Waals surface area contributed by atoms with E-state index in [1.807, 2.05) is 0 Å². The normalized spacial score (nSPS) is 20.8. The summed E-state index contributed by atoms with van der Waals surface area (Å²) in [4.78, 5) is 2.19. The van der Waals surface area contributed by atoms with Crippen molar-refractivity contribution in [3.63, 3.8) is 0 Å². The topological polar surface area (TPSA) is 12.0 Å². The summed E-state index contributed by atoms with van der Waals surface area (Å²) in [5.41, 5.74) is 0. The first-order chi connectivity index (χ1) is 2.50. The second kappa shape index (κ2) is 1.61. The summed E-state index contributed by atoms with van der Waals surface area (Å²) in [5.74, 6) is 0. The number of hydrogen-bond acceptors (Lipinski definition) is 1. The van der Waals surface area contributed by atoms with E-state index in [0.717, 1.165) is 6.54 Å². The number of rotatable bonds is 0. The molecule has 0 aromatic rings. The van der Waals surface area contributed by atoms with E-state index in [1.165, 1.54) is 0 Å². The van der Waals surface area contributed by atoms with Gasteiger partial charge in [-0.2, -0.15) is 0 Å². The van der Waals surface area contributed by atoms with Gasteiger partial charge in [-0.3, -0.25) is 0 Å². The van der Waals surface area contributed by atoms with Crippen LogP contribution in [0.3, 0.4) is 0 Å². The van der Waals surface area contributed by atoms with E-state index in [-0.39, 0.29) is 0 Å². The molecular weight excluding hydrogens is 129 g/mol. The molecule has 1 nitrogen and oxygen atoms in total. The van der Waals surface area contributed by atoms with Gasteiger partial charge in [-0.25, -0.2) is 0 Å². The van der Waals surface area contributed by atoms with Gasteiger partial charge in [-0.05, 0) is 0 Å². The van der Waals surface area contributed by atoms with Crippen molar-refractivity contribution in [1.82, 2.24) is 4.33 Å². The maximum absolute atomic E-state index is 3.17. The predicted octanol–water partition coefficient (Wildman–Crippen LogP) is -0.278. The van der Waals surface area contributed by atoms with Gasteiger partial charge in [-0.15, -0.1) is 0 Å². The van der Waals surface area contributed by atoms with Crippen LogP contribution in [-0.2, 0) is 0 Å². The number of nitrogens with one attached hydrogen (secondary N) is 1. The Labute approximate surface area is 37.8 Å². The summed E-state index contributed by atoms with van der Waals surface area (Å²) in [6.45, 7) is 1.10. The molecule has 0 bridgehead atoms. The van der Waals surface area contributed by atoms with Crippen LogP contribution in [0.4, 0.5) is 0 Å². The molecule has 0 spiro atoms. The standard InChI is InChI=1S/C3H5NSe/c1-2-4-5-3-1/h1,3-4H,2H2. The zero-order valence-electron chi connectivity index (χ0n) is 2.77. The Morgan fingerprint density at radius 2 is 2.80 bits per heavy atom. The van der Waals surface area contributed by atoms with Gasteiger partial charge in [0.1, 0.15) is 0 Å². The Morgan fingerprint density at radius 3 is 3.00 bits per heavy atom. The van der Waals surface area contributed by atoms with Crippen molar-refractivity contribution in [1.29, 1.82) is 0 Å². The monoisotopic (exact) mass is 135 g/mol. The fraction of sp³-hybridized carbons (Fsp3) is 0.333.